The Kier molecular flexibility index (Phi) is 7.60. The Hall–Kier alpha value is -3.15. The van der Waals surface area contributed by atoms with Crippen molar-refractivity contribution in [3.63, 3.8) is 0 Å². The summed E-state index contributed by atoms with van der Waals surface area (Å²) in [6.45, 7) is 1.51. The SMILES string of the molecule is C[C@@H]1CCCC[C@@H]1NC(=O)COC(=O)COc1ccc(C(=O)c2ccccc2)cc1. The maximum absolute atomic E-state index is 12.4. The number of carbonyl (C=O) groups excluding carboxylic acids is 3. The van der Waals surface area contributed by atoms with Crippen molar-refractivity contribution in [1.29, 1.82) is 0 Å². The molecule has 2 aromatic carbocycles. The highest BCUT2D eigenvalue weighted by molar-refractivity contribution is 6.08. The fourth-order valence-electron chi connectivity index (χ4n) is 3.57. The summed E-state index contributed by atoms with van der Waals surface area (Å²) in [5.74, 6) is -0.104. The van der Waals surface area contributed by atoms with Crippen LogP contribution in [-0.4, -0.2) is 36.9 Å². The third-order valence-electron chi connectivity index (χ3n) is 5.33. The molecule has 3 rings (SSSR count). The Morgan fingerprint density at radius 1 is 0.900 bits per heavy atom. The van der Waals surface area contributed by atoms with E-state index in [9.17, 15) is 14.4 Å². The average Bonchev–Trinajstić information content (AvgIpc) is 2.78. The van der Waals surface area contributed by atoms with Crippen LogP contribution in [0.15, 0.2) is 54.6 Å². The van der Waals surface area contributed by atoms with Crippen LogP contribution < -0.4 is 10.1 Å². The molecule has 158 valence electrons. The molecular weight excluding hydrogens is 382 g/mol. The second-order valence-electron chi connectivity index (χ2n) is 7.60. The first-order chi connectivity index (χ1) is 14.5. The molecule has 0 aliphatic heterocycles. The van der Waals surface area contributed by atoms with Crippen LogP contribution in [0.25, 0.3) is 0 Å². The van der Waals surface area contributed by atoms with E-state index in [0.29, 0.717) is 22.8 Å². The topological polar surface area (TPSA) is 81.7 Å². The van der Waals surface area contributed by atoms with Gasteiger partial charge >= 0.3 is 5.97 Å². The van der Waals surface area contributed by atoms with Gasteiger partial charge in [0.2, 0.25) is 0 Å². The van der Waals surface area contributed by atoms with Gasteiger partial charge in [-0.2, -0.15) is 0 Å². The van der Waals surface area contributed by atoms with Crippen LogP contribution in [0.4, 0.5) is 0 Å². The van der Waals surface area contributed by atoms with E-state index in [1.54, 1.807) is 36.4 Å². The van der Waals surface area contributed by atoms with Crippen LogP contribution in [0, 0.1) is 5.92 Å². The van der Waals surface area contributed by atoms with Crippen molar-refractivity contribution in [3.05, 3.63) is 65.7 Å². The summed E-state index contributed by atoms with van der Waals surface area (Å²) in [4.78, 5) is 36.2. The van der Waals surface area contributed by atoms with Gasteiger partial charge in [0, 0.05) is 17.2 Å². The van der Waals surface area contributed by atoms with Crippen molar-refractivity contribution in [2.75, 3.05) is 13.2 Å². The molecule has 0 saturated heterocycles. The number of nitrogens with one attached hydrogen (secondary N) is 1. The number of esters is 1. The maximum atomic E-state index is 12.4. The van der Waals surface area contributed by atoms with Gasteiger partial charge in [-0.25, -0.2) is 4.79 Å². The van der Waals surface area contributed by atoms with E-state index in [-0.39, 0.29) is 30.9 Å². The highest BCUT2D eigenvalue weighted by atomic mass is 16.6. The minimum atomic E-state index is -0.619. The molecule has 6 heteroatoms. The number of amides is 1. The molecular formula is C24H27NO5. The quantitative estimate of drug-likeness (QED) is 0.533. The third-order valence-corrected chi connectivity index (χ3v) is 5.33. The first-order valence-electron chi connectivity index (χ1n) is 10.3. The van der Waals surface area contributed by atoms with Crippen molar-refractivity contribution >= 4 is 17.7 Å². The predicted molar refractivity (Wildman–Crippen MR) is 112 cm³/mol. The number of ether oxygens (including phenoxy) is 2. The number of carbonyl (C=O) groups is 3. The smallest absolute Gasteiger partial charge is 0.344 e. The van der Waals surface area contributed by atoms with Gasteiger partial charge in [0.1, 0.15) is 5.75 Å². The number of hydrogen-bond donors (Lipinski definition) is 1. The molecule has 1 aliphatic rings. The third kappa shape index (κ3) is 6.17. The van der Waals surface area contributed by atoms with Gasteiger partial charge in [-0.05, 0) is 43.0 Å². The second kappa shape index (κ2) is 10.6. The number of hydrogen-bond acceptors (Lipinski definition) is 5. The van der Waals surface area contributed by atoms with Crippen LogP contribution in [0.1, 0.15) is 48.5 Å². The molecule has 1 fully saturated rings. The molecule has 1 aliphatic carbocycles. The minimum Gasteiger partial charge on any atom is -0.482 e. The summed E-state index contributed by atoms with van der Waals surface area (Å²) in [6.07, 6.45) is 4.38. The number of ketones is 1. The lowest BCUT2D eigenvalue weighted by Crippen LogP contribution is -2.43. The first kappa shape index (κ1) is 21.6. The van der Waals surface area contributed by atoms with Crippen LogP contribution in [-0.2, 0) is 14.3 Å². The molecule has 0 radical (unpaired) electrons. The summed E-state index contributed by atoms with van der Waals surface area (Å²) in [5.41, 5.74) is 1.14. The highest BCUT2D eigenvalue weighted by Crippen LogP contribution is 2.23. The van der Waals surface area contributed by atoms with Crippen molar-refractivity contribution in [2.45, 2.75) is 38.6 Å². The van der Waals surface area contributed by atoms with E-state index in [2.05, 4.69) is 12.2 Å². The molecule has 6 nitrogen and oxygen atoms in total. The Morgan fingerprint density at radius 2 is 1.57 bits per heavy atom. The van der Waals surface area contributed by atoms with Gasteiger partial charge in [0.25, 0.3) is 5.91 Å². The summed E-state index contributed by atoms with van der Waals surface area (Å²) >= 11 is 0. The van der Waals surface area contributed by atoms with Crippen molar-refractivity contribution in [1.82, 2.24) is 5.32 Å². The van der Waals surface area contributed by atoms with Gasteiger partial charge < -0.3 is 14.8 Å². The van der Waals surface area contributed by atoms with E-state index in [0.717, 1.165) is 19.3 Å². The van der Waals surface area contributed by atoms with Crippen molar-refractivity contribution in [2.24, 2.45) is 5.92 Å². The Morgan fingerprint density at radius 3 is 2.27 bits per heavy atom. The van der Waals surface area contributed by atoms with E-state index >= 15 is 0 Å². The van der Waals surface area contributed by atoms with E-state index in [1.807, 2.05) is 18.2 Å². The number of rotatable bonds is 8. The molecule has 1 amide bonds. The lowest BCUT2D eigenvalue weighted by Gasteiger charge is -2.29. The van der Waals surface area contributed by atoms with Crippen LogP contribution >= 0.6 is 0 Å². The molecule has 2 aromatic rings. The van der Waals surface area contributed by atoms with E-state index in [4.69, 9.17) is 9.47 Å². The zero-order valence-corrected chi connectivity index (χ0v) is 17.1. The first-order valence-corrected chi connectivity index (χ1v) is 10.3. The molecule has 0 spiro atoms. The molecule has 0 heterocycles. The van der Waals surface area contributed by atoms with Gasteiger partial charge in [-0.3, -0.25) is 9.59 Å². The fourth-order valence-corrected chi connectivity index (χ4v) is 3.57. The minimum absolute atomic E-state index is 0.0835. The maximum Gasteiger partial charge on any atom is 0.344 e. The monoisotopic (exact) mass is 409 g/mol. The summed E-state index contributed by atoms with van der Waals surface area (Å²) in [6, 6.07) is 15.7. The van der Waals surface area contributed by atoms with Crippen molar-refractivity contribution < 1.29 is 23.9 Å². The van der Waals surface area contributed by atoms with Crippen LogP contribution in [0.5, 0.6) is 5.75 Å². The molecule has 30 heavy (non-hydrogen) atoms. The number of benzene rings is 2. The Bertz CT molecular complexity index is 863. The van der Waals surface area contributed by atoms with Crippen LogP contribution in [0.3, 0.4) is 0 Å². The normalized spacial score (nSPS) is 18.3. The molecule has 0 unspecified atom stereocenters. The molecule has 0 aromatic heterocycles. The molecule has 2 atom stereocenters. The summed E-state index contributed by atoms with van der Waals surface area (Å²) in [5, 5.41) is 2.94. The largest absolute Gasteiger partial charge is 0.482 e. The Balaban J connectivity index is 1.40. The van der Waals surface area contributed by atoms with Crippen LogP contribution in [0.2, 0.25) is 0 Å². The molecule has 1 N–H and O–H groups in total. The molecule has 0 bridgehead atoms. The second-order valence-corrected chi connectivity index (χ2v) is 7.60. The lowest BCUT2D eigenvalue weighted by atomic mass is 9.86. The predicted octanol–water partition coefficient (Wildman–Crippen LogP) is 3.53. The molecule has 1 saturated carbocycles. The lowest BCUT2D eigenvalue weighted by molar-refractivity contribution is -0.150. The van der Waals surface area contributed by atoms with E-state index < -0.39 is 5.97 Å². The average molecular weight is 409 g/mol. The van der Waals surface area contributed by atoms with Gasteiger partial charge in [0.05, 0.1) is 0 Å². The highest BCUT2D eigenvalue weighted by Gasteiger charge is 2.23. The fraction of sp³-hybridized carbons (Fsp3) is 0.375. The van der Waals surface area contributed by atoms with Gasteiger partial charge in [0.15, 0.2) is 19.0 Å². The standard InChI is InChI=1S/C24H27NO5/c1-17-7-5-6-10-21(17)25-22(26)15-30-23(27)16-29-20-13-11-19(12-14-20)24(28)18-8-3-2-4-9-18/h2-4,8-9,11-14,17,21H,5-7,10,15-16H2,1H3,(H,25,26)/t17-,21+/m1/s1. The van der Waals surface area contributed by atoms with E-state index in [1.165, 1.54) is 6.42 Å². The summed E-state index contributed by atoms with van der Waals surface area (Å²) in [7, 11) is 0. The Labute approximate surface area is 176 Å². The van der Waals surface area contributed by atoms with Gasteiger partial charge in [-0.15, -0.1) is 0 Å². The zero-order valence-electron chi connectivity index (χ0n) is 17.1. The van der Waals surface area contributed by atoms with Crippen molar-refractivity contribution in [3.8, 4) is 5.75 Å². The zero-order chi connectivity index (χ0) is 21.3. The van der Waals surface area contributed by atoms with Gasteiger partial charge in [-0.1, -0.05) is 50.1 Å². The summed E-state index contributed by atoms with van der Waals surface area (Å²) < 4.78 is 10.4.